The lowest BCUT2D eigenvalue weighted by Gasteiger charge is -2.13. The van der Waals surface area contributed by atoms with Gasteiger partial charge in [-0.25, -0.2) is 0 Å². The molecule has 3 aromatic carbocycles. The van der Waals surface area contributed by atoms with Gasteiger partial charge in [-0.3, -0.25) is 14.5 Å². The first-order valence-electron chi connectivity index (χ1n) is 10.6. The van der Waals surface area contributed by atoms with Crippen LogP contribution in [-0.4, -0.2) is 29.2 Å². The standard InChI is InChI=1S/C26H20Cl3NO4S/c1-16-6-8-19(9-7-16)33-11-10-30-25(31)23(35-26(30)32)14-17-12-21(28)24(22(29)13-17)34-15-18-4-2-3-5-20(18)27/h2-9,12-14H,10-11,15H2,1H3/b23-14-. The quantitative estimate of drug-likeness (QED) is 0.271. The predicted molar refractivity (Wildman–Crippen MR) is 142 cm³/mol. The van der Waals surface area contributed by atoms with Crippen LogP contribution in [0.1, 0.15) is 16.7 Å². The molecule has 1 saturated heterocycles. The van der Waals surface area contributed by atoms with E-state index >= 15 is 0 Å². The molecule has 35 heavy (non-hydrogen) atoms. The number of amides is 2. The number of hydrogen-bond acceptors (Lipinski definition) is 5. The molecule has 4 rings (SSSR count). The minimum absolute atomic E-state index is 0.145. The topological polar surface area (TPSA) is 55.8 Å². The summed E-state index contributed by atoms with van der Waals surface area (Å²) in [6.45, 7) is 2.52. The Morgan fingerprint density at radius 1 is 0.914 bits per heavy atom. The van der Waals surface area contributed by atoms with Gasteiger partial charge in [-0.15, -0.1) is 0 Å². The van der Waals surface area contributed by atoms with Gasteiger partial charge in [0.2, 0.25) is 0 Å². The number of ether oxygens (including phenoxy) is 2. The van der Waals surface area contributed by atoms with Crippen LogP contribution in [0.4, 0.5) is 4.79 Å². The van der Waals surface area contributed by atoms with Crippen molar-refractivity contribution in [2.75, 3.05) is 13.2 Å². The molecule has 0 N–H and O–H groups in total. The van der Waals surface area contributed by atoms with Crippen molar-refractivity contribution in [3.63, 3.8) is 0 Å². The second kappa shape index (κ2) is 11.4. The molecule has 3 aromatic rings. The minimum atomic E-state index is -0.390. The number of imide groups is 1. The number of halogens is 3. The maximum absolute atomic E-state index is 12.8. The molecule has 5 nitrogen and oxygen atoms in total. The van der Waals surface area contributed by atoms with Crippen LogP contribution in [0.3, 0.4) is 0 Å². The number of rotatable bonds is 8. The first kappa shape index (κ1) is 25.5. The van der Waals surface area contributed by atoms with Gasteiger partial charge in [-0.1, -0.05) is 70.7 Å². The molecule has 0 bridgehead atoms. The van der Waals surface area contributed by atoms with Gasteiger partial charge in [0.1, 0.15) is 19.0 Å². The molecule has 180 valence electrons. The van der Waals surface area contributed by atoms with E-state index in [0.717, 1.165) is 27.8 Å². The van der Waals surface area contributed by atoms with Gasteiger partial charge in [-0.2, -0.15) is 0 Å². The van der Waals surface area contributed by atoms with Gasteiger partial charge in [-0.05, 0) is 60.7 Å². The molecule has 0 aromatic heterocycles. The van der Waals surface area contributed by atoms with Crippen molar-refractivity contribution in [3.8, 4) is 11.5 Å². The van der Waals surface area contributed by atoms with Crippen molar-refractivity contribution >= 4 is 63.8 Å². The summed E-state index contributed by atoms with van der Waals surface area (Å²) < 4.78 is 11.4. The molecule has 1 fully saturated rings. The Bertz CT molecular complexity index is 1270. The second-order valence-corrected chi connectivity index (χ2v) is 9.90. The maximum Gasteiger partial charge on any atom is 0.293 e. The Balaban J connectivity index is 1.41. The molecule has 0 spiro atoms. The van der Waals surface area contributed by atoms with Crippen LogP contribution in [-0.2, 0) is 11.4 Å². The zero-order valence-electron chi connectivity index (χ0n) is 18.6. The average molecular weight is 549 g/mol. The van der Waals surface area contributed by atoms with Crippen LogP contribution in [0.25, 0.3) is 6.08 Å². The van der Waals surface area contributed by atoms with Gasteiger partial charge in [0.05, 0.1) is 21.5 Å². The zero-order valence-corrected chi connectivity index (χ0v) is 21.7. The molecule has 0 unspecified atom stereocenters. The SMILES string of the molecule is Cc1ccc(OCCN2C(=O)S/C(=C\c3cc(Cl)c(OCc4ccccc4Cl)c(Cl)c3)C2=O)cc1. The van der Waals surface area contributed by atoms with Gasteiger partial charge in [0.25, 0.3) is 11.1 Å². The van der Waals surface area contributed by atoms with Gasteiger partial charge >= 0.3 is 0 Å². The first-order valence-corrected chi connectivity index (χ1v) is 12.6. The molecule has 9 heteroatoms. The molecule has 0 saturated carbocycles. The van der Waals surface area contributed by atoms with E-state index in [1.54, 1.807) is 24.3 Å². The largest absolute Gasteiger partial charge is 0.492 e. The highest BCUT2D eigenvalue weighted by atomic mass is 35.5. The number of aryl methyl sites for hydroxylation is 1. The highest BCUT2D eigenvalue weighted by Gasteiger charge is 2.34. The number of hydrogen-bond donors (Lipinski definition) is 0. The van der Waals surface area contributed by atoms with Crippen LogP contribution in [0.5, 0.6) is 11.5 Å². The number of benzene rings is 3. The van der Waals surface area contributed by atoms with Crippen molar-refractivity contribution in [3.05, 3.63) is 97.3 Å². The molecular weight excluding hydrogens is 529 g/mol. The molecule has 2 amide bonds. The Kier molecular flexibility index (Phi) is 8.29. The molecular formula is C26H20Cl3NO4S. The van der Waals surface area contributed by atoms with Crippen molar-refractivity contribution in [2.45, 2.75) is 13.5 Å². The van der Waals surface area contributed by atoms with Crippen LogP contribution in [0, 0.1) is 6.92 Å². The number of thioether (sulfide) groups is 1. The first-order chi connectivity index (χ1) is 16.8. The molecule has 1 aliphatic rings. The highest BCUT2D eigenvalue weighted by molar-refractivity contribution is 8.18. The van der Waals surface area contributed by atoms with E-state index in [4.69, 9.17) is 44.3 Å². The molecule has 0 radical (unpaired) electrons. The van der Waals surface area contributed by atoms with Crippen LogP contribution >= 0.6 is 46.6 Å². The fourth-order valence-electron chi connectivity index (χ4n) is 3.30. The summed E-state index contributed by atoms with van der Waals surface area (Å²) in [6.07, 6.45) is 1.58. The molecule has 1 aliphatic heterocycles. The fourth-order valence-corrected chi connectivity index (χ4v) is 4.97. The smallest absolute Gasteiger partial charge is 0.293 e. The number of nitrogens with zero attached hydrogens (tertiary/aromatic N) is 1. The Morgan fingerprint density at radius 3 is 2.29 bits per heavy atom. The molecule has 0 atom stereocenters. The summed E-state index contributed by atoms with van der Waals surface area (Å²) in [6, 6.07) is 18.1. The lowest BCUT2D eigenvalue weighted by molar-refractivity contribution is -0.123. The minimum Gasteiger partial charge on any atom is -0.492 e. The van der Waals surface area contributed by atoms with Gasteiger partial charge in [0.15, 0.2) is 5.75 Å². The lowest BCUT2D eigenvalue weighted by atomic mass is 10.2. The van der Waals surface area contributed by atoms with E-state index in [2.05, 4.69) is 0 Å². The summed E-state index contributed by atoms with van der Waals surface area (Å²) in [5, 5.41) is 0.782. The second-order valence-electron chi connectivity index (χ2n) is 7.69. The number of carbonyl (C=O) groups excluding carboxylic acids is 2. The van der Waals surface area contributed by atoms with E-state index in [-0.39, 0.29) is 39.9 Å². The summed E-state index contributed by atoms with van der Waals surface area (Å²) in [5.41, 5.74) is 2.49. The summed E-state index contributed by atoms with van der Waals surface area (Å²) >= 11 is 19.8. The number of carbonyl (C=O) groups is 2. The van der Waals surface area contributed by atoms with Gasteiger partial charge in [0, 0.05) is 10.6 Å². The van der Waals surface area contributed by atoms with Crippen LogP contribution < -0.4 is 9.47 Å². The monoisotopic (exact) mass is 547 g/mol. The fraction of sp³-hybridized carbons (Fsp3) is 0.154. The zero-order chi connectivity index (χ0) is 24.9. The van der Waals surface area contributed by atoms with Crippen LogP contribution in [0.15, 0.2) is 65.6 Å². The Labute approximate surface area is 222 Å². The van der Waals surface area contributed by atoms with Crippen molar-refractivity contribution in [1.82, 2.24) is 4.90 Å². The summed E-state index contributed by atoms with van der Waals surface area (Å²) in [7, 11) is 0. The van der Waals surface area contributed by atoms with Crippen LogP contribution in [0.2, 0.25) is 15.1 Å². The Morgan fingerprint density at radius 2 is 1.60 bits per heavy atom. The third kappa shape index (κ3) is 6.33. The van der Waals surface area contributed by atoms with Crippen molar-refractivity contribution in [2.24, 2.45) is 0 Å². The molecule has 1 heterocycles. The van der Waals surface area contributed by atoms with Gasteiger partial charge < -0.3 is 9.47 Å². The summed E-state index contributed by atoms with van der Waals surface area (Å²) in [5.74, 6) is 0.602. The van der Waals surface area contributed by atoms with Crippen molar-refractivity contribution in [1.29, 1.82) is 0 Å². The average Bonchev–Trinajstić information content (AvgIpc) is 3.08. The van der Waals surface area contributed by atoms with E-state index in [1.807, 2.05) is 49.4 Å². The highest BCUT2D eigenvalue weighted by Crippen LogP contribution is 2.38. The van der Waals surface area contributed by atoms with E-state index < -0.39 is 5.91 Å². The maximum atomic E-state index is 12.8. The van der Waals surface area contributed by atoms with Crippen molar-refractivity contribution < 1.29 is 19.1 Å². The summed E-state index contributed by atoms with van der Waals surface area (Å²) in [4.78, 5) is 26.6. The lowest BCUT2D eigenvalue weighted by Crippen LogP contribution is -2.32. The Hall–Kier alpha value is -2.64. The van der Waals surface area contributed by atoms with E-state index in [1.165, 1.54) is 0 Å². The normalized spacial score (nSPS) is 14.6. The van der Waals surface area contributed by atoms with E-state index in [0.29, 0.717) is 22.1 Å². The molecule has 0 aliphatic carbocycles. The van der Waals surface area contributed by atoms with E-state index in [9.17, 15) is 9.59 Å². The third-order valence-corrected chi connectivity index (χ3v) is 6.96. The third-order valence-electron chi connectivity index (χ3n) is 5.13. The predicted octanol–water partition coefficient (Wildman–Crippen LogP) is 7.65.